The maximum absolute atomic E-state index is 8.63. The highest BCUT2D eigenvalue weighted by Crippen LogP contribution is 2.15. The van der Waals surface area contributed by atoms with E-state index in [2.05, 4.69) is 12.3 Å². The molecule has 0 aromatic heterocycles. The lowest BCUT2D eigenvalue weighted by atomic mass is 10.1. The Morgan fingerprint density at radius 3 is 2.75 bits per heavy atom. The molecule has 0 aliphatic carbocycles. The molecule has 0 aliphatic heterocycles. The molecule has 0 aliphatic rings. The molecule has 0 amide bonds. The lowest BCUT2D eigenvalue weighted by molar-refractivity contribution is 1.30. The third-order valence-corrected chi connectivity index (χ3v) is 2.37. The van der Waals surface area contributed by atoms with E-state index < -0.39 is 0 Å². The van der Waals surface area contributed by atoms with Crippen LogP contribution in [0.1, 0.15) is 16.7 Å². The molecule has 0 fully saturated rings. The number of benzene rings is 1. The highest BCUT2D eigenvalue weighted by atomic mass is 32.2. The van der Waals surface area contributed by atoms with E-state index in [0.29, 0.717) is 0 Å². The largest absolute Gasteiger partial charge is 0.192 e. The van der Waals surface area contributed by atoms with Gasteiger partial charge in [-0.1, -0.05) is 6.07 Å². The van der Waals surface area contributed by atoms with Crippen LogP contribution in [0.15, 0.2) is 18.2 Å². The number of nitriles is 1. The van der Waals surface area contributed by atoms with Crippen LogP contribution >= 0.6 is 11.8 Å². The van der Waals surface area contributed by atoms with Crippen LogP contribution in [0, 0.1) is 18.3 Å². The molecule has 1 aromatic carbocycles. The van der Waals surface area contributed by atoms with Gasteiger partial charge < -0.3 is 0 Å². The molecule has 0 heterocycles. The molecule has 12 heavy (non-hydrogen) atoms. The van der Waals surface area contributed by atoms with E-state index in [9.17, 15) is 0 Å². The van der Waals surface area contributed by atoms with Gasteiger partial charge in [0.1, 0.15) is 0 Å². The molecule has 0 spiro atoms. The molecule has 0 unspecified atom stereocenters. The van der Waals surface area contributed by atoms with Crippen molar-refractivity contribution in [2.24, 2.45) is 0 Å². The first-order chi connectivity index (χ1) is 5.77. The van der Waals surface area contributed by atoms with Gasteiger partial charge in [0, 0.05) is 5.75 Å². The van der Waals surface area contributed by atoms with Crippen molar-refractivity contribution in [3.8, 4) is 6.07 Å². The zero-order valence-electron chi connectivity index (χ0n) is 7.29. The van der Waals surface area contributed by atoms with Crippen LogP contribution in [-0.4, -0.2) is 6.26 Å². The van der Waals surface area contributed by atoms with Crippen molar-refractivity contribution in [3.63, 3.8) is 0 Å². The predicted octanol–water partition coefficient (Wildman–Crippen LogP) is 2.73. The monoisotopic (exact) mass is 177 g/mol. The van der Waals surface area contributed by atoms with Gasteiger partial charge in [-0.05, 0) is 36.4 Å². The smallest absolute Gasteiger partial charge is 0.0991 e. The van der Waals surface area contributed by atoms with Gasteiger partial charge in [-0.15, -0.1) is 0 Å². The van der Waals surface area contributed by atoms with E-state index in [1.165, 1.54) is 11.1 Å². The number of hydrogen-bond donors (Lipinski definition) is 0. The highest BCUT2D eigenvalue weighted by molar-refractivity contribution is 7.97. The number of hydrogen-bond acceptors (Lipinski definition) is 2. The van der Waals surface area contributed by atoms with E-state index in [0.717, 1.165) is 11.3 Å². The Kier molecular flexibility index (Phi) is 3.19. The summed E-state index contributed by atoms with van der Waals surface area (Å²) >= 11 is 1.80. The first kappa shape index (κ1) is 9.15. The summed E-state index contributed by atoms with van der Waals surface area (Å²) in [4.78, 5) is 0. The maximum atomic E-state index is 8.63. The summed E-state index contributed by atoms with van der Waals surface area (Å²) in [6, 6.07) is 7.97. The van der Waals surface area contributed by atoms with Crippen LogP contribution in [0.5, 0.6) is 0 Å². The van der Waals surface area contributed by atoms with Crippen LogP contribution < -0.4 is 0 Å². The molecule has 1 rings (SSSR count). The Morgan fingerprint density at radius 1 is 1.50 bits per heavy atom. The third kappa shape index (κ3) is 2.02. The summed E-state index contributed by atoms with van der Waals surface area (Å²) in [7, 11) is 0. The van der Waals surface area contributed by atoms with E-state index in [1.807, 2.05) is 25.1 Å². The van der Waals surface area contributed by atoms with E-state index in [1.54, 1.807) is 11.8 Å². The molecule has 2 heteroatoms. The lowest BCUT2D eigenvalue weighted by Crippen LogP contribution is -1.86. The predicted molar refractivity (Wildman–Crippen MR) is 53.1 cm³/mol. The molecule has 0 N–H and O–H groups in total. The quantitative estimate of drug-likeness (QED) is 0.693. The maximum Gasteiger partial charge on any atom is 0.0991 e. The van der Waals surface area contributed by atoms with Crippen molar-refractivity contribution in [2.75, 3.05) is 6.26 Å². The summed E-state index contributed by atoms with van der Waals surface area (Å²) < 4.78 is 0. The first-order valence-electron chi connectivity index (χ1n) is 3.76. The molecule has 0 radical (unpaired) electrons. The minimum absolute atomic E-state index is 0.748. The van der Waals surface area contributed by atoms with E-state index in [4.69, 9.17) is 5.26 Å². The fourth-order valence-corrected chi connectivity index (χ4v) is 1.72. The normalized spacial score (nSPS) is 9.42. The summed E-state index contributed by atoms with van der Waals surface area (Å²) in [6.07, 6.45) is 2.08. The zero-order valence-corrected chi connectivity index (χ0v) is 8.11. The number of aryl methyl sites for hydroxylation is 1. The molecule has 1 nitrogen and oxygen atoms in total. The summed E-state index contributed by atoms with van der Waals surface area (Å²) in [5, 5.41) is 8.63. The van der Waals surface area contributed by atoms with Gasteiger partial charge in [0.05, 0.1) is 11.6 Å². The molecular formula is C10H11NS. The summed E-state index contributed by atoms with van der Waals surface area (Å²) in [6.45, 7) is 2.05. The van der Waals surface area contributed by atoms with Crippen LogP contribution in [-0.2, 0) is 5.75 Å². The fourth-order valence-electron chi connectivity index (χ4n) is 1.08. The number of rotatable bonds is 2. The van der Waals surface area contributed by atoms with Gasteiger partial charge in [-0.2, -0.15) is 17.0 Å². The van der Waals surface area contributed by atoms with Crippen molar-refractivity contribution in [2.45, 2.75) is 12.7 Å². The SMILES string of the molecule is CSCc1ccc(C#N)cc1C. The minimum Gasteiger partial charge on any atom is -0.192 e. The van der Waals surface area contributed by atoms with Gasteiger partial charge in [0.2, 0.25) is 0 Å². The van der Waals surface area contributed by atoms with Crippen LogP contribution in [0.25, 0.3) is 0 Å². The van der Waals surface area contributed by atoms with Crippen LogP contribution in [0.4, 0.5) is 0 Å². The average molecular weight is 177 g/mol. The summed E-state index contributed by atoms with van der Waals surface area (Å²) in [5.74, 6) is 1.03. The zero-order chi connectivity index (χ0) is 8.97. The van der Waals surface area contributed by atoms with Crippen molar-refractivity contribution >= 4 is 11.8 Å². The molecule has 62 valence electrons. The Balaban J connectivity index is 2.97. The van der Waals surface area contributed by atoms with Crippen molar-refractivity contribution in [1.82, 2.24) is 0 Å². The van der Waals surface area contributed by atoms with Crippen LogP contribution in [0.3, 0.4) is 0 Å². The second kappa shape index (κ2) is 4.18. The van der Waals surface area contributed by atoms with E-state index in [-0.39, 0.29) is 0 Å². The third-order valence-electron chi connectivity index (χ3n) is 1.77. The Hall–Kier alpha value is -0.940. The van der Waals surface area contributed by atoms with Gasteiger partial charge in [-0.3, -0.25) is 0 Å². The Bertz CT molecular complexity index is 312. The standard InChI is InChI=1S/C10H11NS/c1-8-5-9(6-11)3-4-10(8)7-12-2/h3-5H,7H2,1-2H3. The van der Waals surface area contributed by atoms with Gasteiger partial charge in [0.25, 0.3) is 0 Å². The summed E-state index contributed by atoms with van der Waals surface area (Å²) in [5.41, 5.74) is 3.28. The number of thioether (sulfide) groups is 1. The van der Waals surface area contributed by atoms with Crippen molar-refractivity contribution in [1.29, 1.82) is 5.26 Å². The van der Waals surface area contributed by atoms with Crippen molar-refractivity contribution < 1.29 is 0 Å². The second-order valence-corrected chi connectivity index (χ2v) is 3.55. The number of nitrogens with zero attached hydrogens (tertiary/aromatic N) is 1. The topological polar surface area (TPSA) is 23.8 Å². The molecule has 0 saturated carbocycles. The van der Waals surface area contributed by atoms with Gasteiger partial charge in [0.15, 0.2) is 0 Å². The average Bonchev–Trinajstić information content (AvgIpc) is 2.09. The first-order valence-corrected chi connectivity index (χ1v) is 5.16. The van der Waals surface area contributed by atoms with Gasteiger partial charge >= 0.3 is 0 Å². The minimum atomic E-state index is 0.748. The molecular weight excluding hydrogens is 166 g/mol. The molecule has 0 atom stereocenters. The molecule has 1 aromatic rings. The van der Waals surface area contributed by atoms with Crippen LogP contribution in [0.2, 0.25) is 0 Å². The van der Waals surface area contributed by atoms with Gasteiger partial charge in [-0.25, -0.2) is 0 Å². The lowest BCUT2D eigenvalue weighted by Gasteiger charge is -2.02. The second-order valence-electron chi connectivity index (χ2n) is 2.69. The van der Waals surface area contributed by atoms with Crippen molar-refractivity contribution in [3.05, 3.63) is 34.9 Å². The van der Waals surface area contributed by atoms with E-state index >= 15 is 0 Å². The molecule has 0 bridgehead atoms. The Morgan fingerprint density at radius 2 is 2.25 bits per heavy atom. The fraction of sp³-hybridized carbons (Fsp3) is 0.300. The Labute approximate surface area is 77.4 Å². The highest BCUT2D eigenvalue weighted by Gasteiger charge is 1.97. The molecule has 0 saturated heterocycles.